The molecule has 0 spiro atoms. The summed E-state index contributed by atoms with van der Waals surface area (Å²) in [5.41, 5.74) is 1.52. The zero-order chi connectivity index (χ0) is 18.7. The van der Waals surface area contributed by atoms with Crippen molar-refractivity contribution in [1.82, 2.24) is 9.88 Å². The molecule has 1 aliphatic heterocycles. The van der Waals surface area contributed by atoms with Crippen LogP contribution in [0.15, 0.2) is 41.6 Å². The number of aliphatic hydroxyl groups excluding tert-OH is 1. The molecule has 136 valence electrons. The number of para-hydroxylation sites is 1. The number of rotatable bonds is 6. The SMILES string of the molecule is COC(=O)C1=C(Nc2cccc3ccc(OC)nc23)C(=O)N(CCO)C1. The van der Waals surface area contributed by atoms with Crippen LogP contribution < -0.4 is 10.1 Å². The van der Waals surface area contributed by atoms with Gasteiger partial charge in [0.1, 0.15) is 5.70 Å². The van der Waals surface area contributed by atoms with Crippen molar-refractivity contribution in [3.63, 3.8) is 0 Å². The first-order valence-electron chi connectivity index (χ1n) is 8.01. The van der Waals surface area contributed by atoms with Crippen molar-refractivity contribution in [2.45, 2.75) is 0 Å². The van der Waals surface area contributed by atoms with Crippen molar-refractivity contribution < 1.29 is 24.2 Å². The van der Waals surface area contributed by atoms with Gasteiger partial charge < -0.3 is 24.8 Å². The molecule has 0 unspecified atom stereocenters. The number of aliphatic hydroxyl groups is 1. The molecule has 0 aliphatic carbocycles. The zero-order valence-electron chi connectivity index (χ0n) is 14.5. The normalized spacial score (nSPS) is 14.1. The molecule has 2 aromatic rings. The van der Waals surface area contributed by atoms with Crippen molar-refractivity contribution in [2.75, 3.05) is 39.2 Å². The number of anilines is 1. The summed E-state index contributed by atoms with van der Waals surface area (Å²) in [7, 11) is 2.78. The Morgan fingerprint density at radius 2 is 2.12 bits per heavy atom. The Morgan fingerprint density at radius 1 is 1.31 bits per heavy atom. The van der Waals surface area contributed by atoms with E-state index in [9.17, 15) is 9.59 Å². The summed E-state index contributed by atoms with van der Waals surface area (Å²) >= 11 is 0. The van der Waals surface area contributed by atoms with Crippen LogP contribution in [0.4, 0.5) is 5.69 Å². The molecule has 0 saturated heterocycles. The maximum Gasteiger partial charge on any atom is 0.337 e. The minimum Gasteiger partial charge on any atom is -0.481 e. The van der Waals surface area contributed by atoms with Gasteiger partial charge in [-0.25, -0.2) is 9.78 Å². The predicted molar refractivity (Wildman–Crippen MR) is 94.6 cm³/mol. The van der Waals surface area contributed by atoms with E-state index < -0.39 is 5.97 Å². The van der Waals surface area contributed by atoms with Gasteiger partial charge in [0, 0.05) is 18.0 Å². The smallest absolute Gasteiger partial charge is 0.337 e. The van der Waals surface area contributed by atoms with E-state index in [0.717, 1.165) is 5.39 Å². The zero-order valence-corrected chi connectivity index (χ0v) is 14.5. The number of hydrogen-bond acceptors (Lipinski definition) is 7. The lowest BCUT2D eigenvalue weighted by Crippen LogP contribution is -2.31. The third-order valence-corrected chi connectivity index (χ3v) is 4.12. The third-order valence-electron chi connectivity index (χ3n) is 4.12. The van der Waals surface area contributed by atoms with E-state index >= 15 is 0 Å². The maximum absolute atomic E-state index is 12.6. The molecule has 2 heterocycles. The summed E-state index contributed by atoms with van der Waals surface area (Å²) in [4.78, 5) is 30.5. The number of carbonyl (C=O) groups excluding carboxylic acids is 2. The number of amides is 1. The first kappa shape index (κ1) is 17.7. The molecule has 8 nitrogen and oxygen atoms in total. The van der Waals surface area contributed by atoms with E-state index in [4.69, 9.17) is 14.6 Å². The number of β-amino-alcohol motifs (C(OH)–C–C–N with tert-alkyl or cyclic N) is 1. The first-order valence-corrected chi connectivity index (χ1v) is 8.01. The first-order chi connectivity index (χ1) is 12.6. The summed E-state index contributed by atoms with van der Waals surface area (Å²) in [5, 5.41) is 13.0. The number of fused-ring (bicyclic) bond motifs is 1. The Balaban J connectivity index is 2.03. The fraction of sp³-hybridized carbons (Fsp3) is 0.278. The van der Waals surface area contributed by atoms with Gasteiger partial charge >= 0.3 is 5.97 Å². The number of hydrogen-bond donors (Lipinski definition) is 2. The fourth-order valence-electron chi connectivity index (χ4n) is 2.83. The molecular weight excluding hydrogens is 338 g/mol. The Hall–Kier alpha value is -3.13. The molecule has 1 amide bonds. The van der Waals surface area contributed by atoms with Crippen LogP contribution in [0.25, 0.3) is 10.9 Å². The average Bonchev–Trinajstić information content (AvgIpc) is 2.97. The van der Waals surface area contributed by atoms with Crippen LogP contribution in [0.1, 0.15) is 0 Å². The predicted octanol–water partition coefficient (Wildman–Crippen LogP) is 0.917. The summed E-state index contributed by atoms with van der Waals surface area (Å²) in [5.74, 6) is -0.528. The number of esters is 1. The molecule has 1 aromatic heterocycles. The summed E-state index contributed by atoms with van der Waals surface area (Å²) in [6, 6.07) is 9.07. The number of nitrogens with one attached hydrogen (secondary N) is 1. The van der Waals surface area contributed by atoms with Crippen molar-refractivity contribution >= 4 is 28.5 Å². The Labute approximate surface area is 150 Å². The van der Waals surface area contributed by atoms with Gasteiger partial charge in [0.25, 0.3) is 5.91 Å². The average molecular weight is 357 g/mol. The Morgan fingerprint density at radius 3 is 2.81 bits per heavy atom. The topological polar surface area (TPSA) is 101 Å². The number of nitrogens with zero attached hydrogens (tertiary/aromatic N) is 2. The monoisotopic (exact) mass is 357 g/mol. The molecular formula is C18H19N3O5. The molecule has 3 rings (SSSR count). The van der Waals surface area contributed by atoms with E-state index in [2.05, 4.69) is 10.3 Å². The van der Waals surface area contributed by atoms with Crippen LogP contribution in [0.3, 0.4) is 0 Å². The summed E-state index contributed by atoms with van der Waals surface area (Å²) in [6.07, 6.45) is 0. The third kappa shape index (κ3) is 3.18. The van der Waals surface area contributed by atoms with E-state index in [1.54, 1.807) is 12.1 Å². The van der Waals surface area contributed by atoms with Gasteiger partial charge in [-0.3, -0.25) is 4.79 Å². The fourth-order valence-corrected chi connectivity index (χ4v) is 2.83. The van der Waals surface area contributed by atoms with E-state index in [-0.39, 0.29) is 36.9 Å². The molecule has 0 saturated carbocycles. The molecule has 2 N–H and O–H groups in total. The number of methoxy groups -OCH3 is 2. The number of aromatic nitrogens is 1. The summed E-state index contributed by atoms with van der Waals surface area (Å²) < 4.78 is 9.95. The van der Waals surface area contributed by atoms with Crippen LogP contribution in [0.2, 0.25) is 0 Å². The minimum absolute atomic E-state index is 0.0793. The van der Waals surface area contributed by atoms with Gasteiger partial charge in [-0.05, 0) is 12.1 Å². The van der Waals surface area contributed by atoms with Crippen LogP contribution in [-0.2, 0) is 14.3 Å². The molecule has 0 bridgehead atoms. The quantitative estimate of drug-likeness (QED) is 0.741. The van der Waals surface area contributed by atoms with Crippen LogP contribution >= 0.6 is 0 Å². The molecule has 0 radical (unpaired) electrons. The number of pyridine rings is 1. The van der Waals surface area contributed by atoms with Crippen molar-refractivity contribution in [2.24, 2.45) is 0 Å². The highest BCUT2D eigenvalue weighted by molar-refractivity contribution is 6.09. The van der Waals surface area contributed by atoms with Crippen LogP contribution in [0, 0.1) is 0 Å². The largest absolute Gasteiger partial charge is 0.481 e. The van der Waals surface area contributed by atoms with E-state index in [1.807, 2.05) is 18.2 Å². The maximum atomic E-state index is 12.6. The highest BCUT2D eigenvalue weighted by Gasteiger charge is 2.34. The van der Waals surface area contributed by atoms with Gasteiger partial charge in [-0.1, -0.05) is 12.1 Å². The molecule has 1 aromatic carbocycles. The lowest BCUT2D eigenvalue weighted by Gasteiger charge is -2.15. The Kier molecular flexibility index (Phi) is 5.04. The second-order valence-electron chi connectivity index (χ2n) is 5.65. The standard InChI is InChI=1S/C18H19N3O5/c1-25-14-7-6-11-4-3-5-13(15(11)20-14)19-16-12(18(24)26-2)10-21(8-9-22)17(16)23/h3-7,19,22H,8-10H2,1-2H3. The lowest BCUT2D eigenvalue weighted by atomic mass is 10.1. The molecule has 1 aliphatic rings. The molecule has 0 fully saturated rings. The van der Waals surface area contributed by atoms with Gasteiger partial charge in [0.2, 0.25) is 5.88 Å². The molecule has 26 heavy (non-hydrogen) atoms. The van der Waals surface area contributed by atoms with Gasteiger partial charge in [-0.2, -0.15) is 0 Å². The molecule has 0 atom stereocenters. The van der Waals surface area contributed by atoms with E-state index in [0.29, 0.717) is 17.1 Å². The summed E-state index contributed by atoms with van der Waals surface area (Å²) in [6.45, 7) is 0.0164. The number of carbonyl (C=O) groups is 2. The van der Waals surface area contributed by atoms with Gasteiger partial charge in [0.15, 0.2) is 0 Å². The highest BCUT2D eigenvalue weighted by atomic mass is 16.5. The second-order valence-corrected chi connectivity index (χ2v) is 5.65. The Bertz CT molecular complexity index is 894. The number of ether oxygens (including phenoxy) is 2. The van der Waals surface area contributed by atoms with Crippen LogP contribution in [0.5, 0.6) is 5.88 Å². The van der Waals surface area contributed by atoms with Crippen molar-refractivity contribution in [1.29, 1.82) is 0 Å². The van der Waals surface area contributed by atoms with Gasteiger partial charge in [0.05, 0.1) is 44.1 Å². The van der Waals surface area contributed by atoms with Crippen molar-refractivity contribution in [3.05, 3.63) is 41.6 Å². The second kappa shape index (κ2) is 7.40. The van der Waals surface area contributed by atoms with Gasteiger partial charge in [-0.15, -0.1) is 0 Å². The highest BCUT2D eigenvalue weighted by Crippen LogP contribution is 2.28. The number of benzene rings is 1. The van der Waals surface area contributed by atoms with Crippen LogP contribution in [-0.4, -0.2) is 60.8 Å². The minimum atomic E-state index is -0.591. The van der Waals surface area contributed by atoms with Crippen molar-refractivity contribution in [3.8, 4) is 5.88 Å². The molecule has 8 heteroatoms. The van der Waals surface area contributed by atoms with E-state index in [1.165, 1.54) is 19.1 Å². The lowest BCUT2D eigenvalue weighted by molar-refractivity contribution is -0.136.